The number of nitrogens with zero attached hydrogens (tertiary/aromatic N) is 4. The van der Waals surface area contributed by atoms with Crippen LogP contribution in [0.1, 0.15) is 5.56 Å². The van der Waals surface area contributed by atoms with E-state index < -0.39 is 4.92 Å². The van der Waals surface area contributed by atoms with Gasteiger partial charge >= 0.3 is 5.69 Å². The Hall–Kier alpha value is -1.89. The molecule has 0 unspecified atom stereocenters. The van der Waals surface area contributed by atoms with Gasteiger partial charge in [0.05, 0.1) is 4.92 Å². The van der Waals surface area contributed by atoms with Crippen molar-refractivity contribution in [1.82, 2.24) is 9.88 Å². The van der Waals surface area contributed by atoms with E-state index >= 15 is 0 Å². The van der Waals surface area contributed by atoms with Gasteiger partial charge in [-0.05, 0) is 14.0 Å². The summed E-state index contributed by atoms with van der Waals surface area (Å²) in [4.78, 5) is 18.8. The predicted octanol–water partition coefficient (Wildman–Crippen LogP) is 0.632. The molecule has 2 heterocycles. The molecular formula is C11H17N5O2. The summed E-state index contributed by atoms with van der Waals surface area (Å²) in [6.07, 6.45) is 1.25. The fourth-order valence-corrected chi connectivity index (χ4v) is 2.16. The van der Waals surface area contributed by atoms with Crippen LogP contribution >= 0.6 is 0 Å². The zero-order valence-corrected chi connectivity index (χ0v) is 10.6. The number of pyridine rings is 1. The summed E-state index contributed by atoms with van der Waals surface area (Å²) >= 11 is 0. The van der Waals surface area contributed by atoms with Crippen molar-refractivity contribution in [2.75, 3.05) is 43.9 Å². The third-order valence-electron chi connectivity index (χ3n) is 3.32. The first kappa shape index (κ1) is 12.6. The maximum atomic E-state index is 11.1. The van der Waals surface area contributed by atoms with Crippen molar-refractivity contribution < 1.29 is 4.92 Å². The maximum Gasteiger partial charge on any atom is 0.311 e. The SMILES string of the molecule is Cc1c(N)ncc([N+](=O)[O-])c1N1CCN(C)CC1. The van der Waals surface area contributed by atoms with E-state index in [0.29, 0.717) is 17.1 Å². The Labute approximate surface area is 105 Å². The minimum Gasteiger partial charge on any atom is -0.383 e. The van der Waals surface area contributed by atoms with Crippen molar-refractivity contribution in [2.24, 2.45) is 0 Å². The number of nitrogen functional groups attached to an aromatic ring is 1. The van der Waals surface area contributed by atoms with Crippen molar-refractivity contribution in [3.63, 3.8) is 0 Å². The van der Waals surface area contributed by atoms with Gasteiger partial charge in [-0.3, -0.25) is 10.1 Å². The van der Waals surface area contributed by atoms with Crippen LogP contribution in [0.4, 0.5) is 17.2 Å². The fraction of sp³-hybridized carbons (Fsp3) is 0.545. The smallest absolute Gasteiger partial charge is 0.311 e. The van der Waals surface area contributed by atoms with E-state index in [-0.39, 0.29) is 5.69 Å². The summed E-state index contributed by atoms with van der Waals surface area (Å²) in [6, 6.07) is 0. The van der Waals surface area contributed by atoms with E-state index in [0.717, 1.165) is 26.2 Å². The molecule has 1 saturated heterocycles. The van der Waals surface area contributed by atoms with Gasteiger partial charge in [-0.1, -0.05) is 0 Å². The molecule has 0 saturated carbocycles. The molecule has 98 valence electrons. The molecule has 2 N–H and O–H groups in total. The third kappa shape index (κ3) is 2.21. The van der Waals surface area contributed by atoms with Gasteiger partial charge in [-0.25, -0.2) is 4.98 Å². The molecule has 7 nitrogen and oxygen atoms in total. The molecule has 7 heteroatoms. The van der Waals surface area contributed by atoms with Crippen LogP contribution in [0, 0.1) is 17.0 Å². The van der Waals surface area contributed by atoms with Crippen LogP contribution in [-0.2, 0) is 0 Å². The van der Waals surface area contributed by atoms with Gasteiger partial charge in [0, 0.05) is 31.7 Å². The second-order valence-electron chi connectivity index (χ2n) is 4.55. The van der Waals surface area contributed by atoms with Crippen LogP contribution in [0.15, 0.2) is 6.20 Å². The molecule has 1 aromatic rings. The number of rotatable bonds is 2. The first-order chi connectivity index (χ1) is 8.50. The van der Waals surface area contributed by atoms with Crippen molar-refractivity contribution in [2.45, 2.75) is 6.92 Å². The number of likely N-dealkylation sites (N-methyl/N-ethyl adjacent to an activating group) is 1. The molecule has 2 rings (SSSR count). The monoisotopic (exact) mass is 251 g/mol. The van der Waals surface area contributed by atoms with Crippen LogP contribution in [0.3, 0.4) is 0 Å². The Balaban J connectivity index is 2.41. The Morgan fingerprint density at radius 3 is 2.56 bits per heavy atom. The van der Waals surface area contributed by atoms with Crippen molar-refractivity contribution in [1.29, 1.82) is 0 Å². The quantitative estimate of drug-likeness (QED) is 0.612. The summed E-state index contributed by atoms with van der Waals surface area (Å²) in [6.45, 7) is 5.09. The number of hydrogen-bond donors (Lipinski definition) is 1. The Kier molecular flexibility index (Phi) is 3.33. The topological polar surface area (TPSA) is 88.5 Å². The molecule has 0 bridgehead atoms. The van der Waals surface area contributed by atoms with E-state index in [2.05, 4.69) is 9.88 Å². The van der Waals surface area contributed by atoms with Gasteiger partial charge in [0.25, 0.3) is 0 Å². The largest absolute Gasteiger partial charge is 0.383 e. The molecule has 0 radical (unpaired) electrons. The lowest BCUT2D eigenvalue weighted by Crippen LogP contribution is -2.45. The third-order valence-corrected chi connectivity index (χ3v) is 3.32. The van der Waals surface area contributed by atoms with Gasteiger partial charge in [0.15, 0.2) is 0 Å². The van der Waals surface area contributed by atoms with Crippen molar-refractivity contribution in [3.05, 3.63) is 21.9 Å². The summed E-state index contributed by atoms with van der Waals surface area (Å²) in [5.74, 6) is 0.356. The number of piperazine rings is 1. The van der Waals surface area contributed by atoms with E-state index in [4.69, 9.17) is 5.73 Å². The van der Waals surface area contributed by atoms with E-state index in [1.807, 2.05) is 11.9 Å². The Bertz CT molecular complexity index is 469. The molecule has 1 aliphatic rings. The molecule has 0 atom stereocenters. The molecule has 1 fully saturated rings. The average Bonchev–Trinajstić information content (AvgIpc) is 2.33. The van der Waals surface area contributed by atoms with E-state index in [1.165, 1.54) is 6.20 Å². The van der Waals surface area contributed by atoms with Gasteiger partial charge in [-0.15, -0.1) is 0 Å². The lowest BCUT2D eigenvalue weighted by atomic mass is 10.1. The number of hydrogen-bond acceptors (Lipinski definition) is 6. The first-order valence-electron chi connectivity index (χ1n) is 5.83. The number of nitrogens with two attached hydrogens (primary N) is 1. The highest BCUT2D eigenvalue weighted by Crippen LogP contribution is 2.33. The molecular weight excluding hydrogens is 234 g/mol. The highest BCUT2D eigenvalue weighted by atomic mass is 16.6. The number of anilines is 2. The molecule has 1 aromatic heterocycles. The van der Waals surface area contributed by atoms with Gasteiger partial charge in [0.1, 0.15) is 17.7 Å². The summed E-state index contributed by atoms with van der Waals surface area (Å²) in [7, 11) is 2.04. The number of nitro groups is 1. The molecule has 0 spiro atoms. The predicted molar refractivity (Wildman–Crippen MR) is 69.8 cm³/mol. The molecule has 0 amide bonds. The highest BCUT2D eigenvalue weighted by molar-refractivity contribution is 5.72. The zero-order valence-electron chi connectivity index (χ0n) is 10.6. The van der Waals surface area contributed by atoms with Crippen LogP contribution in [-0.4, -0.2) is 48.0 Å². The van der Waals surface area contributed by atoms with Crippen LogP contribution < -0.4 is 10.6 Å². The lowest BCUT2D eigenvalue weighted by Gasteiger charge is -2.34. The van der Waals surface area contributed by atoms with Crippen LogP contribution in [0.5, 0.6) is 0 Å². The summed E-state index contributed by atoms with van der Waals surface area (Å²) in [5, 5.41) is 11.1. The Morgan fingerprint density at radius 2 is 2.00 bits per heavy atom. The lowest BCUT2D eigenvalue weighted by molar-refractivity contribution is -0.384. The summed E-state index contributed by atoms with van der Waals surface area (Å²) in [5.41, 5.74) is 7.09. The number of aromatic nitrogens is 1. The van der Waals surface area contributed by atoms with Gasteiger partial charge in [0.2, 0.25) is 0 Å². The molecule has 0 aromatic carbocycles. The van der Waals surface area contributed by atoms with Gasteiger partial charge in [-0.2, -0.15) is 0 Å². The second kappa shape index (κ2) is 4.77. The second-order valence-corrected chi connectivity index (χ2v) is 4.55. The van der Waals surface area contributed by atoms with Crippen molar-refractivity contribution in [3.8, 4) is 0 Å². The standard InChI is InChI=1S/C11H17N5O2/c1-8-10(15-5-3-14(2)4-6-15)9(16(17)18)7-13-11(8)12/h7H,3-6H2,1-2H3,(H2,12,13). The Morgan fingerprint density at radius 1 is 1.39 bits per heavy atom. The van der Waals surface area contributed by atoms with Crippen LogP contribution in [0.25, 0.3) is 0 Å². The normalized spacial score (nSPS) is 16.9. The van der Waals surface area contributed by atoms with Crippen LogP contribution in [0.2, 0.25) is 0 Å². The maximum absolute atomic E-state index is 11.1. The fourth-order valence-electron chi connectivity index (χ4n) is 2.16. The summed E-state index contributed by atoms with van der Waals surface area (Å²) < 4.78 is 0. The van der Waals surface area contributed by atoms with Crippen molar-refractivity contribution >= 4 is 17.2 Å². The van der Waals surface area contributed by atoms with E-state index in [9.17, 15) is 10.1 Å². The minimum atomic E-state index is -0.396. The molecule has 1 aliphatic heterocycles. The molecule has 0 aliphatic carbocycles. The van der Waals surface area contributed by atoms with Gasteiger partial charge < -0.3 is 15.5 Å². The first-order valence-corrected chi connectivity index (χ1v) is 5.83. The van der Waals surface area contributed by atoms with E-state index in [1.54, 1.807) is 6.92 Å². The minimum absolute atomic E-state index is 0.0336. The molecule has 18 heavy (non-hydrogen) atoms. The average molecular weight is 251 g/mol. The highest BCUT2D eigenvalue weighted by Gasteiger charge is 2.26. The zero-order chi connectivity index (χ0) is 13.3.